The fraction of sp³-hybridized carbons (Fsp3) is 0.929. The molecule has 0 radical (unpaired) electrons. The number of carbonyl (C=O) groups is 1. The molecule has 0 spiro atoms. The lowest BCUT2D eigenvalue weighted by Crippen LogP contribution is -2.56. The van der Waals surface area contributed by atoms with Crippen molar-refractivity contribution in [1.82, 2.24) is 10.6 Å². The van der Waals surface area contributed by atoms with Crippen molar-refractivity contribution in [3.8, 4) is 0 Å². The monoisotopic (exact) mass is 252 g/mol. The van der Waals surface area contributed by atoms with Crippen LogP contribution in [-0.4, -0.2) is 37.2 Å². The van der Waals surface area contributed by atoms with Crippen molar-refractivity contribution in [2.45, 2.75) is 50.6 Å². The van der Waals surface area contributed by atoms with E-state index in [2.05, 4.69) is 17.6 Å². The molecular formula is C14H24N2O2. The van der Waals surface area contributed by atoms with Crippen LogP contribution >= 0.6 is 0 Å². The van der Waals surface area contributed by atoms with Gasteiger partial charge in [0, 0.05) is 6.61 Å². The maximum atomic E-state index is 12.4. The average Bonchev–Trinajstić information content (AvgIpc) is 2.90. The summed E-state index contributed by atoms with van der Waals surface area (Å²) in [7, 11) is 0. The highest BCUT2D eigenvalue weighted by Gasteiger charge is 2.43. The van der Waals surface area contributed by atoms with Gasteiger partial charge in [0.05, 0.1) is 18.2 Å². The van der Waals surface area contributed by atoms with E-state index < -0.39 is 0 Å². The Morgan fingerprint density at radius 1 is 1.39 bits per heavy atom. The van der Waals surface area contributed by atoms with Crippen molar-refractivity contribution in [2.75, 3.05) is 19.8 Å². The highest BCUT2D eigenvalue weighted by atomic mass is 16.5. The van der Waals surface area contributed by atoms with Gasteiger partial charge in [-0.2, -0.15) is 0 Å². The molecule has 4 atom stereocenters. The smallest absolute Gasteiger partial charge is 0.237 e. The van der Waals surface area contributed by atoms with Crippen molar-refractivity contribution >= 4 is 5.91 Å². The molecule has 18 heavy (non-hydrogen) atoms. The van der Waals surface area contributed by atoms with Crippen molar-refractivity contribution in [3.63, 3.8) is 0 Å². The van der Waals surface area contributed by atoms with Crippen LogP contribution in [-0.2, 0) is 9.53 Å². The average molecular weight is 252 g/mol. The molecule has 3 aliphatic rings. The lowest BCUT2D eigenvalue weighted by molar-refractivity contribution is -0.127. The lowest BCUT2D eigenvalue weighted by Gasteiger charge is -2.35. The van der Waals surface area contributed by atoms with Crippen molar-refractivity contribution < 1.29 is 9.53 Å². The van der Waals surface area contributed by atoms with Crippen LogP contribution in [0.1, 0.15) is 39.0 Å². The molecule has 0 aromatic rings. The summed E-state index contributed by atoms with van der Waals surface area (Å²) in [6.45, 7) is 4.61. The Hall–Kier alpha value is -0.610. The van der Waals surface area contributed by atoms with Crippen molar-refractivity contribution in [2.24, 2.45) is 11.8 Å². The highest BCUT2D eigenvalue weighted by molar-refractivity contribution is 5.83. The first kappa shape index (κ1) is 12.4. The standard InChI is InChI=1S/C14H24N2O2/c1-14(6-3-7-18-9-14)16-13(17)12-11-5-2-4-10(11)8-15-12/h10-12,15H,2-9H2,1H3,(H,16,17). The molecule has 3 rings (SSSR count). The molecule has 4 heteroatoms. The van der Waals surface area contributed by atoms with Gasteiger partial charge in [0.25, 0.3) is 0 Å². The first-order valence-corrected chi connectivity index (χ1v) is 7.31. The van der Waals surface area contributed by atoms with Crippen LogP contribution < -0.4 is 10.6 Å². The summed E-state index contributed by atoms with van der Waals surface area (Å²) in [5, 5.41) is 6.64. The molecule has 102 valence electrons. The topological polar surface area (TPSA) is 50.4 Å². The van der Waals surface area contributed by atoms with E-state index in [1.165, 1.54) is 19.3 Å². The first-order chi connectivity index (χ1) is 8.68. The van der Waals surface area contributed by atoms with Gasteiger partial charge in [0.2, 0.25) is 5.91 Å². The van der Waals surface area contributed by atoms with Gasteiger partial charge in [0.1, 0.15) is 0 Å². The molecule has 1 saturated carbocycles. The summed E-state index contributed by atoms with van der Waals surface area (Å²) in [6, 6.07) is 0.0382. The van der Waals surface area contributed by atoms with E-state index in [-0.39, 0.29) is 17.5 Å². The number of rotatable bonds is 2. The number of hydrogen-bond acceptors (Lipinski definition) is 3. The van der Waals surface area contributed by atoms with Gasteiger partial charge in [-0.3, -0.25) is 4.79 Å². The maximum Gasteiger partial charge on any atom is 0.237 e. The molecule has 0 bridgehead atoms. The summed E-state index contributed by atoms with van der Waals surface area (Å²) in [5.74, 6) is 1.49. The van der Waals surface area contributed by atoms with E-state index in [9.17, 15) is 4.79 Å². The molecule has 2 N–H and O–H groups in total. The summed E-state index contributed by atoms with van der Waals surface area (Å²) < 4.78 is 5.50. The Labute approximate surface area is 109 Å². The SMILES string of the molecule is CC1(NC(=O)C2NCC3CCCC32)CCCOC1. The van der Waals surface area contributed by atoms with E-state index >= 15 is 0 Å². The summed E-state index contributed by atoms with van der Waals surface area (Å²) in [5.41, 5.74) is -0.159. The predicted octanol–water partition coefficient (Wildman–Crippen LogP) is 1.06. The van der Waals surface area contributed by atoms with Gasteiger partial charge in [0.15, 0.2) is 0 Å². The molecule has 1 aliphatic carbocycles. The zero-order chi connectivity index (χ0) is 12.6. The van der Waals surface area contributed by atoms with Crippen LogP contribution in [0.3, 0.4) is 0 Å². The lowest BCUT2D eigenvalue weighted by atomic mass is 9.91. The van der Waals surface area contributed by atoms with Crippen LogP contribution in [0.5, 0.6) is 0 Å². The maximum absolute atomic E-state index is 12.4. The second kappa shape index (κ2) is 4.82. The fourth-order valence-electron chi connectivity index (χ4n) is 3.88. The Bertz CT molecular complexity index is 326. The molecule has 0 aromatic carbocycles. The minimum absolute atomic E-state index is 0.0382. The van der Waals surface area contributed by atoms with Gasteiger partial charge in [-0.05, 0) is 51.0 Å². The Morgan fingerprint density at radius 2 is 2.28 bits per heavy atom. The quantitative estimate of drug-likeness (QED) is 0.772. The third-order valence-corrected chi connectivity index (χ3v) is 4.89. The van der Waals surface area contributed by atoms with Gasteiger partial charge in [-0.1, -0.05) is 6.42 Å². The van der Waals surface area contributed by atoms with Crippen molar-refractivity contribution in [3.05, 3.63) is 0 Å². The largest absolute Gasteiger partial charge is 0.379 e. The molecule has 2 aliphatic heterocycles. The first-order valence-electron chi connectivity index (χ1n) is 7.31. The minimum atomic E-state index is -0.159. The number of carbonyl (C=O) groups excluding carboxylic acids is 1. The normalized spacial score (nSPS) is 43.7. The predicted molar refractivity (Wildman–Crippen MR) is 69.2 cm³/mol. The van der Waals surface area contributed by atoms with Crippen LogP contribution in [0.4, 0.5) is 0 Å². The van der Waals surface area contributed by atoms with Gasteiger partial charge in [-0.15, -0.1) is 0 Å². The summed E-state index contributed by atoms with van der Waals surface area (Å²) in [6.07, 6.45) is 5.87. The van der Waals surface area contributed by atoms with Crippen LogP contribution in [0.25, 0.3) is 0 Å². The molecule has 0 aromatic heterocycles. The van der Waals surface area contributed by atoms with Crippen LogP contribution in [0, 0.1) is 11.8 Å². The Morgan fingerprint density at radius 3 is 3.06 bits per heavy atom. The minimum Gasteiger partial charge on any atom is -0.379 e. The van der Waals surface area contributed by atoms with E-state index in [1.54, 1.807) is 0 Å². The Balaban J connectivity index is 1.61. The Kier molecular flexibility index (Phi) is 3.32. The molecule has 1 amide bonds. The fourth-order valence-corrected chi connectivity index (χ4v) is 3.88. The molecule has 4 unspecified atom stereocenters. The molecular weight excluding hydrogens is 228 g/mol. The van der Waals surface area contributed by atoms with Crippen LogP contribution in [0.2, 0.25) is 0 Å². The number of fused-ring (bicyclic) bond motifs is 1. The van der Waals surface area contributed by atoms with E-state index in [0.717, 1.165) is 31.9 Å². The van der Waals surface area contributed by atoms with E-state index in [0.29, 0.717) is 12.5 Å². The summed E-state index contributed by atoms with van der Waals surface area (Å²) in [4.78, 5) is 12.4. The molecule has 3 fully saturated rings. The van der Waals surface area contributed by atoms with Gasteiger partial charge < -0.3 is 15.4 Å². The molecule has 2 saturated heterocycles. The number of ether oxygens (including phenoxy) is 1. The summed E-state index contributed by atoms with van der Waals surface area (Å²) >= 11 is 0. The van der Waals surface area contributed by atoms with E-state index in [4.69, 9.17) is 4.74 Å². The molecule has 4 nitrogen and oxygen atoms in total. The number of hydrogen-bond donors (Lipinski definition) is 2. The number of amides is 1. The van der Waals surface area contributed by atoms with Crippen molar-refractivity contribution in [1.29, 1.82) is 0 Å². The second-order valence-electron chi connectivity index (χ2n) is 6.45. The van der Waals surface area contributed by atoms with Crippen LogP contribution in [0.15, 0.2) is 0 Å². The third-order valence-electron chi connectivity index (χ3n) is 4.89. The van der Waals surface area contributed by atoms with Gasteiger partial charge in [-0.25, -0.2) is 0 Å². The zero-order valence-electron chi connectivity index (χ0n) is 11.2. The highest BCUT2D eigenvalue weighted by Crippen LogP contribution is 2.37. The third kappa shape index (κ3) is 2.28. The second-order valence-corrected chi connectivity index (χ2v) is 6.45. The van der Waals surface area contributed by atoms with Gasteiger partial charge >= 0.3 is 0 Å². The number of nitrogens with one attached hydrogen (secondary N) is 2. The molecule has 2 heterocycles. The van der Waals surface area contributed by atoms with E-state index in [1.807, 2.05) is 0 Å². The zero-order valence-corrected chi connectivity index (χ0v) is 11.2.